The predicted molar refractivity (Wildman–Crippen MR) is 90.4 cm³/mol. The molecule has 0 aliphatic carbocycles. The summed E-state index contributed by atoms with van der Waals surface area (Å²) >= 11 is 5.98. The first-order valence-corrected chi connectivity index (χ1v) is 7.86. The molecule has 0 fully saturated rings. The molecule has 0 unspecified atom stereocenters. The van der Waals surface area contributed by atoms with Gasteiger partial charge in [0.25, 0.3) is 5.91 Å². The molecule has 2 aromatic heterocycles. The normalized spacial score (nSPS) is 10.8. The Kier molecular flexibility index (Phi) is 4.61. The number of halogens is 1. The van der Waals surface area contributed by atoms with Crippen LogP contribution in [0.25, 0.3) is 5.69 Å². The molecule has 0 atom stereocenters. The summed E-state index contributed by atoms with van der Waals surface area (Å²) in [5, 5.41) is 16.1. The smallest absolute Gasteiger partial charge is 0.273 e. The minimum Gasteiger partial charge on any atom is -0.350 e. The van der Waals surface area contributed by atoms with Gasteiger partial charge in [0.2, 0.25) is 0 Å². The van der Waals surface area contributed by atoms with Crippen LogP contribution in [0.15, 0.2) is 36.7 Å². The first kappa shape index (κ1) is 16.2. The Balaban J connectivity index is 1.67. The van der Waals surface area contributed by atoms with Gasteiger partial charge in [0.15, 0.2) is 5.69 Å². The molecule has 0 saturated heterocycles. The number of rotatable bonds is 5. The monoisotopic (exact) mass is 344 g/mol. The molecule has 1 amide bonds. The standard InChI is InChI=1S/C16H17ClN6O/c1-11-15(16(24)18-7-6-12-9-19-22(2)10-12)21-23(20-11)14-5-3-4-13(17)8-14/h3-5,8-10H,6-7H2,1-2H3,(H,18,24). The van der Waals surface area contributed by atoms with E-state index in [1.165, 1.54) is 4.80 Å². The third-order valence-corrected chi connectivity index (χ3v) is 3.73. The lowest BCUT2D eigenvalue weighted by Gasteiger charge is -2.02. The van der Waals surface area contributed by atoms with Crippen molar-refractivity contribution in [3.63, 3.8) is 0 Å². The van der Waals surface area contributed by atoms with Crippen LogP contribution in [-0.4, -0.2) is 37.2 Å². The van der Waals surface area contributed by atoms with Crippen molar-refractivity contribution in [3.05, 3.63) is 58.6 Å². The number of hydrogen-bond acceptors (Lipinski definition) is 4. The molecule has 2 heterocycles. The fraction of sp³-hybridized carbons (Fsp3) is 0.250. The van der Waals surface area contributed by atoms with Crippen LogP contribution in [0, 0.1) is 6.92 Å². The topological polar surface area (TPSA) is 77.6 Å². The molecule has 1 aromatic carbocycles. The van der Waals surface area contributed by atoms with Crippen LogP contribution in [0.4, 0.5) is 0 Å². The summed E-state index contributed by atoms with van der Waals surface area (Å²) in [4.78, 5) is 13.7. The molecule has 3 aromatic rings. The fourth-order valence-electron chi connectivity index (χ4n) is 2.31. The second-order valence-corrected chi connectivity index (χ2v) is 5.87. The molecular formula is C16H17ClN6O. The van der Waals surface area contributed by atoms with Gasteiger partial charge >= 0.3 is 0 Å². The first-order valence-electron chi connectivity index (χ1n) is 7.48. The van der Waals surface area contributed by atoms with Crippen molar-refractivity contribution in [3.8, 4) is 5.69 Å². The molecule has 0 aliphatic heterocycles. The summed E-state index contributed by atoms with van der Waals surface area (Å²) in [7, 11) is 1.86. The molecule has 0 radical (unpaired) electrons. The maximum absolute atomic E-state index is 12.3. The highest BCUT2D eigenvalue weighted by atomic mass is 35.5. The summed E-state index contributed by atoms with van der Waals surface area (Å²) in [5.41, 5.74) is 2.65. The number of amides is 1. The van der Waals surface area contributed by atoms with Crippen LogP contribution >= 0.6 is 11.6 Å². The lowest BCUT2D eigenvalue weighted by Crippen LogP contribution is -2.26. The van der Waals surface area contributed by atoms with E-state index in [1.807, 2.05) is 25.4 Å². The lowest BCUT2D eigenvalue weighted by atomic mass is 10.2. The molecule has 124 valence electrons. The van der Waals surface area contributed by atoms with Gasteiger partial charge in [0.05, 0.1) is 17.6 Å². The number of benzene rings is 1. The van der Waals surface area contributed by atoms with Gasteiger partial charge in [-0.1, -0.05) is 17.7 Å². The minimum absolute atomic E-state index is 0.246. The lowest BCUT2D eigenvalue weighted by molar-refractivity contribution is 0.0948. The highest BCUT2D eigenvalue weighted by molar-refractivity contribution is 6.30. The third-order valence-electron chi connectivity index (χ3n) is 3.49. The molecule has 0 saturated carbocycles. The maximum atomic E-state index is 12.3. The number of hydrogen-bond donors (Lipinski definition) is 1. The van der Waals surface area contributed by atoms with E-state index in [4.69, 9.17) is 11.6 Å². The summed E-state index contributed by atoms with van der Waals surface area (Å²) in [6.07, 6.45) is 4.42. The highest BCUT2D eigenvalue weighted by Crippen LogP contribution is 2.14. The number of carbonyl (C=O) groups is 1. The van der Waals surface area contributed by atoms with Crippen molar-refractivity contribution in [2.24, 2.45) is 7.05 Å². The Hall–Kier alpha value is -2.67. The van der Waals surface area contributed by atoms with E-state index in [1.54, 1.807) is 29.9 Å². The minimum atomic E-state index is -0.246. The van der Waals surface area contributed by atoms with E-state index in [0.29, 0.717) is 35.1 Å². The van der Waals surface area contributed by atoms with Crippen molar-refractivity contribution in [1.82, 2.24) is 30.1 Å². The largest absolute Gasteiger partial charge is 0.350 e. The molecular weight excluding hydrogens is 328 g/mol. The number of aromatic nitrogens is 5. The van der Waals surface area contributed by atoms with Gasteiger partial charge in [0, 0.05) is 24.8 Å². The van der Waals surface area contributed by atoms with E-state index in [0.717, 1.165) is 5.56 Å². The molecule has 0 bridgehead atoms. The van der Waals surface area contributed by atoms with Gasteiger partial charge in [0.1, 0.15) is 0 Å². The van der Waals surface area contributed by atoms with E-state index in [9.17, 15) is 4.79 Å². The average Bonchev–Trinajstić information content (AvgIpc) is 3.13. The van der Waals surface area contributed by atoms with E-state index in [2.05, 4.69) is 20.6 Å². The Labute approximate surface area is 144 Å². The van der Waals surface area contributed by atoms with Gasteiger partial charge in [-0.05, 0) is 37.1 Å². The molecule has 1 N–H and O–H groups in total. The fourth-order valence-corrected chi connectivity index (χ4v) is 2.49. The number of nitrogens with one attached hydrogen (secondary N) is 1. The second-order valence-electron chi connectivity index (χ2n) is 5.43. The van der Waals surface area contributed by atoms with Crippen LogP contribution in [0.5, 0.6) is 0 Å². The van der Waals surface area contributed by atoms with Crippen molar-refractivity contribution in [2.75, 3.05) is 6.54 Å². The van der Waals surface area contributed by atoms with E-state index in [-0.39, 0.29) is 5.91 Å². The van der Waals surface area contributed by atoms with E-state index >= 15 is 0 Å². The molecule has 3 rings (SSSR count). The van der Waals surface area contributed by atoms with Crippen molar-refractivity contribution >= 4 is 17.5 Å². The predicted octanol–water partition coefficient (Wildman–Crippen LogP) is 1.94. The van der Waals surface area contributed by atoms with Crippen molar-refractivity contribution in [2.45, 2.75) is 13.3 Å². The SMILES string of the molecule is Cc1nn(-c2cccc(Cl)c2)nc1C(=O)NCCc1cnn(C)c1. The highest BCUT2D eigenvalue weighted by Gasteiger charge is 2.16. The van der Waals surface area contributed by atoms with Crippen LogP contribution in [0.1, 0.15) is 21.7 Å². The van der Waals surface area contributed by atoms with Gasteiger partial charge in [-0.3, -0.25) is 9.48 Å². The van der Waals surface area contributed by atoms with Gasteiger partial charge in [-0.15, -0.1) is 5.10 Å². The zero-order chi connectivity index (χ0) is 17.1. The summed E-state index contributed by atoms with van der Waals surface area (Å²) in [6, 6.07) is 7.15. The maximum Gasteiger partial charge on any atom is 0.273 e. The number of carbonyl (C=O) groups excluding carboxylic acids is 1. The van der Waals surface area contributed by atoms with Crippen molar-refractivity contribution < 1.29 is 4.79 Å². The van der Waals surface area contributed by atoms with Crippen LogP contribution < -0.4 is 5.32 Å². The van der Waals surface area contributed by atoms with Crippen molar-refractivity contribution in [1.29, 1.82) is 0 Å². The molecule has 8 heteroatoms. The van der Waals surface area contributed by atoms with Crippen LogP contribution in [-0.2, 0) is 13.5 Å². The zero-order valence-corrected chi connectivity index (χ0v) is 14.2. The second kappa shape index (κ2) is 6.84. The average molecular weight is 345 g/mol. The Morgan fingerprint density at radius 3 is 2.88 bits per heavy atom. The van der Waals surface area contributed by atoms with Gasteiger partial charge in [-0.2, -0.15) is 15.0 Å². The Morgan fingerprint density at radius 2 is 2.17 bits per heavy atom. The number of nitrogens with zero attached hydrogens (tertiary/aromatic N) is 5. The molecule has 0 spiro atoms. The van der Waals surface area contributed by atoms with Gasteiger partial charge < -0.3 is 5.32 Å². The summed E-state index contributed by atoms with van der Waals surface area (Å²) in [6.45, 7) is 2.26. The van der Waals surface area contributed by atoms with Crippen LogP contribution in [0.2, 0.25) is 5.02 Å². The molecule has 0 aliphatic rings. The Bertz CT molecular complexity index is 869. The van der Waals surface area contributed by atoms with Crippen LogP contribution in [0.3, 0.4) is 0 Å². The summed E-state index contributed by atoms with van der Waals surface area (Å²) < 4.78 is 1.73. The Morgan fingerprint density at radius 1 is 1.33 bits per heavy atom. The quantitative estimate of drug-likeness (QED) is 0.767. The number of aryl methyl sites for hydroxylation is 2. The molecule has 24 heavy (non-hydrogen) atoms. The third kappa shape index (κ3) is 3.62. The first-order chi connectivity index (χ1) is 11.5. The summed E-state index contributed by atoms with van der Waals surface area (Å²) in [5.74, 6) is -0.246. The van der Waals surface area contributed by atoms with E-state index < -0.39 is 0 Å². The van der Waals surface area contributed by atoms with Gasteiger partial charge in [-0.25, -0.2) is 0 Å². The zero-order valence-electron chi connectivity index (χ0n) is 13.4. The molecule has 7 nitrogen and oxygen atoms in total.